The summed E-state index contributed by atoms with van der Waals surface area (Å²) >= 11 is 3.37. The Morgan fingerprint density at radius 3 is 2.50 bits per heavy atom. The molecule has 0 fully saturated rings. The molecule has 5 heteroatoms. The number of benzene rings is 1. The lowest BCUT2D eigenvalue weighted by molar-refractivity contribution is -0.116. The molecular weight excluding hydrogens is 342 g/mol. The van der Waals surface area contributed by atoms with Crippen molar-refractivity contribution in [3.8, 4) is 0 Å². The van der Waals surface area contributed by atoms with Crippen molar-refractivity contribution < 1.29 is 4.79 Å². The molecule has 0 spiro atoms. The fourth-order valence-electron chi connectivity index (χ4n) is 2.03. The highest BCUT2D eigenvalue weighted by atomic mass is 79.9. The average molecular weight is 362 g/mol. The topological polar surface area (TPSA) is 45.2 Å². The van der Waals surface area contributed by atoms with Gasteiger partial charge in [-0.05, 0) is 55.4 Å². The molecule has 0 aliphatic rings. The first kappa shape index (κ1) is 16.6. The fraction of sp³-hybridized carbons (Fsp3) is 0.294. The summed E-state index contributed by atoms with van der Waals surface area (Å²) < 4.78 is 1.00. The number of hydrogen-bond donors (Lipinski definition) is 1. The lowest BCUT2D eigenvalue weighted by Gasteiger charge is -2.16. The van der Waals surface area contributed by atoms with Crippen LogP contribution in [-0.2, 0) is 11.2 Å². The number of halogens is 1. The number of rotatable bonds is 7. The Hall–Kier alpha value is -1.72. The van der Waals surface area contributed by atoms with Crippen molar-refractivity contribution in [1.29, 1.82) is 0 Å². The largest absolute Gasteiger partial charge is 0.326 e. The first-order valence-corrected chi connectivity index (χ1v) is 8.05. The molecule has 0 saturated heterocycles. The molecule has 116 valence electrons. The highest BCUT2D eigenvalue weighted by Crippen LogP contribution is 2.14. The fourth-order valence-corrected chi connectivity index (χ4v) is 2.29. The highest BCUT2D eigenvalue weighted by molar-refractivity contribution is 9.10. The predicted octanol–water partition coefficient (Wildman–Crippen LogP) is 3.35. The lowest BCUT2D eigenvalue weighted by atomic mass is 10.2. The van der Waals surface area contributed by atoms with Crippen LogP contribution in [0.15, 0.2) is 53.3 Å². The molecule has 0 unspecified atom stereocenters. The number of carbonyl (C=O) groups excluding carboxylic acids is 1. The van der Waals surface area contributed by atoms with Gasteiger partial charge in [-0.15, -0.1) is 0 Å². The first-order valence-electron chi connectivity index (χ1n) is 7.26. The van der Waals surface area contributed by atoms with E-state index in [9.17, 15) is 4.79 Å². The Balaban J connectivity index is 1.68. The van der Waals surface area contributed by atoms with Crippen LogP contribution in [0.1, 0.15) is 12.0 Å². The van der Waals surface area contributed by atoms with Crippen LogP contribution < -0.4 is 5.32 Å². The van der Waals surface area contributed by atoms with E-state index in [1.54, 1.807) is 12.4 Å². The van der Waals surface area contributed by atoms with Gasteiger partial charge in [0.05, 0.1) is 0 Å². The summed E-state index contributed by atoms with van der Waals surface area (Å²) in [4.78, 5) is 18.1. The lowest BCUT2D eigenvalue weighted by Crippen LogP contribution is -2.26. The van der Waals surface area contributed by atoms with Gasteiger partial charge in [-0.3, -0.25) is 9.78 Å². The van der Waals surface area contributed by atoms with Gasteiger partial charge in [-0.1, -0.05) is 15.9 Å². The number of aromatic nitrogens is 1. The summed E-state index contributed by atoms with van der Waals surface area (Å²) in [5, 5.41) is 2.90. The van der Waals surface area contributed by atoms with E-state index in [1.807, 2.05) is 43.4 Å². The quantitative estimate of drug-likeness (QED) is 0.822. The smallest absolute Gasteiger partial charge is 0.225 e. The zero-order valence-corrected chi connectivity index (χ0v) is 14.2. The van der Waals surface area contributed by atoms with Gasteiger partial charge in [-0.2, -0.15) is 0 Å². The Labute approximate surface area is 139 Å². The summed E-state index contributed by atoms with van der Waals surface area (Å²) in [5.41, 5.74) is 2.09. The van der Waals surface area contributed by atoms with E-state index in [2.05, 4.69) is 31.1 Å². The van der Waals surface area contributed by atoms with Crippen LogP contribution in [0.5, 0.6) is 0 Å². The summed E-state index contributed by atoms with van der Waals surface area (Å²) in [5.74, 6) is 0.0399. The third-order valence-corrected chi connectivity index (χ3v) is 3.91. The number of nitrogens with zero attached hydrogens (tertiary/aromatic N) is 2. The number of carbonyl (C=O) groups is 1. The first-order chi connectivity index (χ1) is 10.6. The molecule has 1 heterocycles. The standard InChI is InChI=1S/C17H20BrN3O/c1-21(12-8-14-6-10-19-11-7-14)13-9-17(22)20-16-4-2-15(18)3-5-16/h2-7,10-11H,8-9,12-13H2,1H3,(H,20,22). The van der Waals surface area contributed by atoms with E-state index in [1.165, 1.54) is 5.56 Å². The Morgan fingerprint density at radius 2 is 1.82 bits per heavy atom. The molecule has 2 rings (SSSR count). The van der Waals surface area contributed by atoms with Gasteiger partial charge < -0.3 is 10.2 Å². The van der Waals surface area contributed by atoms with E-state index in [0.29, 0.717) is 6.42 Å². The molecule has 1 amide bonds. The van der Waals surface area contributed by atoms with Crippen LogP contribution in [0.4, 0.5) is 5.69 Å². The minimum Gasteiger partial charge on any atom is -0.326 e. The van der Waals surface area contributed by atoms with Crippen molar-refractivity contribution in [2.75, 3.05) is 25.5 Å². The normalized spacial score (nSPS) is 10.7. The zero-order chi connectivity index (χ0) is 15.8. The summed E-state index contributed by atoms with van der Waals surface area (Å²) in [6, 6.07) is 11.6. The average Bonchev–Trinajstić information content (AvgIpc) is 2.54. The summed E-state index contributed by atoms with van der Waals surface area (Å²) in [6.07, 6.45) is 5.07. The number of pyridine rings is 1. The number of likely N-dealkylation sites (N-methyl/N-ethyl adjacent to an activating group) is 1. The van der Waals surface area contributed by atoms with E-state index in [-0.39, 0.29) is 5.91 Å². The zero-order valence-electron chi connectivity index (χ0n) is 12.6. The van der Waals surface area contributed by atoms with Gasteiger partial charge in [0.25, 0.3) is 0 Å². The molecule has 1 N–H and O–H groups in total. The number of nitrogens with one attached hydrogen (secondary N) is 1. The van der Waals surface area contributed by atoms with Crippen LogP contribution >= 0.6 is 15.9 Å². The minimum absolute atomic E-state index is 0.0399. The Kier molecular flexibility index (Phi) is 6.55. The van der Waals surface area contributed by atoms with Gasteiger partial charge in [-0.25, -0.2) is 0 Å². The molecule has 0 atom stereocenters. The van der Waals surface area contributed by atoms with Gasteiger partial charge in [0.2, 0.25) is 5.91 Å². The molecule has 1 aromatic carbocycles. The van der Waals surface area contributed by atoms with Gasteiger partial charge in [0.1, 0.15) is 0 Å². The third kappa shape index (κ3) is 5.95. The maximum absolute atomic E-state index is 11.9. The van der Waals surface area contributed by atoms with Gasteiger partial charge in [0, 0.05) is 42.1 Å². The van der Waals surface area contributed by atoms with E-state index in [0.717, 1.165) is 29.7 Å². The Morgan fingerprint density at radius 1 is 1.14 bits per heavy atom. The maximum Gasteiger partial charge on any atom is 0.225 e. The van der Waals surface area contributed by atoms with Crippen molar-refractivity contribution >= 4 is 27.5 Å². The predicted molar refractivity (Wildman–Crippen MR) is 92.8 cm³/mol. The van der Waals surface area contributed by atoms with Crippen LogP contribution in [0, 0.1) is 0 Å². The molecular formula is C17H20BrN3O. The van der Waals surface area contributed by atoms with Crippen LogP contribution in [0.25, 0.3) is 0 Å². The van der Waals surface area contributed by atoms with Crippen molar-refractivity contribution in [3.63, 3.8) is 0 Å². The maximum atomic E-state index is 11.9. The molecule has 2 aromatic rings. The van der Waals surface area contributed by atoms with Gasteiger partial charge in [0.15, 0.2) is 0 Å². The monoisotopic (exact) mass is 361 g/mol. The number of hydrogen-bond acceptors (Lipinski definition) is 3. The second kappa shape index (κ2) is 8.66. The molecule has 0 radical (unpaired) electrons. The third-order valence-electron chi connectivity index (χ3n) is 3.38. The SMILES string of the molecule is CN(CCC(=O)Nc1ccc(Br)cc1)CCc1ccncc1. The van der Waals surface area contributed by atoms with E-state index < -0.39 is 0 Å². The molecule has 0 aliphatic carbocycles. The number of anilines is 1. The molecule has 22 heavy (non-hydrogen) atoms. The van der Waals surface area contributed by atoms with Crippen LogP contribution in [-0.4, -0.2) is 35.9 Å². The Bertz CT molecular complexity index is 587. The minimum atomic E-state index is 0.0399. The highest BCUT2D eigenvalue weighted by Gasteiger charge is 2.05. The molecule has 4 nitrogen and oxygen atoms in total. The van der Waals surface area contributed by atoms with E-state index >= 15 is 0 Å². The van der Waals surface area contributed by atoms with Crippen LogP contribution in [0.2, 0.25) is 0 Å². The second-order valence-electron chi connectivity index (χ2n) is 5.21. The van der Waals surface area contributed by atoms with E-state index in [4.69, 9.17) is 0 Å². The van der Waals surface area contributed by atoms with Crippen molar-refractivity contribution in [2.45, 2.75) is 12.8 Å². The summed E-state index contributed by atoms with van der Waals surface area (Å²) in [7, 11) is 2.04. The molecule has 1 aromatic heterocycles. The second-order valence-corrected chi connectivity index (χ2v) is 6.13. The van der Waals surface area contributed by atoms with Crippen molar-refractivity contribution in [1.82, 2.24) is 9.88 Å². The molecule has 0 bridgehead atoms. The molecule has 0 saturated carbocycles. The van der Waals surface area contributed by atoms with Crippen molar-refractivity contribution in [3.05, 3.63) is 58.8 Å². The van der Waals surface area contributed by atoms with Crippen molar-refractivity contribution in [2.24, 2.45) is 0 Å². The molecule has 0 aliphatic heterocycles. The van der Waals surface area contributed by atoms with Gasteiger partial charge >= 0.3 is 0 Å². The summed E-state index contributed by atoms with van der Waals surface area (Å²) in [6.45, 7) is 1.67. The van der Waals surface area contributed by atoms with Crippen LogP contribution in [0.3, 0.4) is 0 Å². The number of amides is 1.